The van der Waals surface area contributed by atoms with Crippen LogP contribution in [0.1, 0.15) is 12.8 Å². The van der Waals surface area contributed by atoms with Crippen LogP contribution >= 0.6 is 11.6 Å². The number of amides is 2. The number of rotatable bonds is 4. The molecular weight excluding hydrogens is 383 g/mol. The van der Waals surface area contributed by atoms with Crippen LogP contribution in [0.25, 0.3) is 0 Å². The number of alkyl halides is 3. The molecule has 1 heterocycles. The van der Waals surface area contributed by atoms with Crippen LogP contribution in [0.3, 0.4) is 0 Å². The maximum atomic E-state index is 12.3. The van der Waals surface area contributed by atoms with Crippen molar-refractivity contribution in [1.82, 2.24) is 4.90 Å². The number of anilines is 1. The number of nitro groups is 1. The highest BCUT2D eigenvalue weighted by molar-refractivity contribution is 6.32. The minimum Gasteiger partial charge on any atom is -0.440 e. The molecule has 1 atom stereocenters. The second-order valence-electron chi connectivity index (χ2n) is 5.43. The van der Waals surface area contributed by atoms with Gasteiger partial charge in [-0.25, -0.2) is 4.79 Å². The van der Waals surface area contributed by atoms with Crippen molar-refractivity contribution in [3.8, 4) is 0 Å². The standard InChI is InChI=1S/C14H13ClF3N3O5/c15-9-4-3-8(6-11(9)21(24)25)19-12(22)10-2-1-5-20(10)13(23)26-7-14(16,17)18/h3-4,6,10H,1-2,5,7H2,(H,19,22). The van der Waals surface area contributed by atoms with Crippen molar-refractivity contribution in [2.24, 2.45) is 0 Å². The van der Waals surface area contributed by atoms with Gasteiger partial charge in [0.1, 0.15) is 11.1 Å². The van der Waals surface area contributed by atoms with Gasteiger partial charge in [0.25, 0.3) is 5.69 Å². The smallest absolute Gasteiger partial charge is 0.422 e. The second-order valence-corrected chi connectivity index (χ2v) is 5.84. The van der Waals surface area contributed by atoms with E-state index in [0.29, 0.717) is 6.42 Å². The average Bonchev–Trinajstić information content (AvgIpc) is 3.03. The molecule has 142 valence electrons. The lowest BCUT2D eigenvalue weighted by molar-refractivity contribution is -0.384. The Kier molecular flexibility index (Phi) is 5.90. The molecule has 1 unspecified atom stereocenters. The molecule has 2 amide bonds. The van der Waals surface area contributed by atoms with Crippen LogP contribution in [0.4, 0.5) is 29.3 Å². The Bertz CT molecular complexity index is 728. The summed E-state index contributed by atoms with van der Waals surface area (Å²) in [6.45, 7) is -1.68. The van der Waals surface area contributed by atoms with Crippen molar-refractivity contribution in [1.29, 1.82) is 0 Å². The highest BCUT2D eigenvalue weighted by atomic mass is 35.5. The summed E-state index contributed by atoms with van der Waals surface area (Å²) in [5.74, 6) is -0.692. The third kappa shape index (κ3) is 4.97. The van der Waals surface area contributed by atoms with E-state index in [1.54, 1.807) is 0 Å². The van der Waals surface area contributed by atoms with Crippen molar-refractivity contribution in [2.75, 3.05) is 18.5 Å². The van der Waals surface area contributed by atoms with E-state index in [4.69, 9.17) is 11.6 Å². The molecule has 0 aromatic heterocycles. The monoisotopic (exact) mass is 395 g/mol. The number of carbonyl (C=O) groups excluding carboxylic acids is 2. The van der Waals surface area contributed by atoms with Crippen LogP contribution < -0.4 is 5.32 Å². The molecule has 1 fully saturated rings. The zero-order valence-corrected chi connectivity index (χ0v) is 13.8. The summed E-state index contributed by atoms with van der Waals surface area (Å²) in [6.07, 6.45) is -5.29. The first kappa shape index (κ1) is 19.8. The van der Waals surface area contributed by atoms with Crippen molar-refractivity contribution >= 4 is 35.0 Å². The molecule has 1 aliphatic rings. The molecule has 1 aliphatic heterocycles. The van der Waals surface area contributed by atoms with Crippen LogP contribution in [-0.4, -0.2) is 47.2 Å². The fourth-order valence-electron chi connectivity index (χ4n) is 2.44. The van der Waals surface area contributed by atoms with Crippen molar-refractivity contribution in [2.45, 2.75) is 25.1 Å². The van der Waals surface area contributed by atoms with Gasteiger partial charge in [0, 0.05) is 18.3 Å². The Morgan fingerprint density at radius 3 is 2.73 bits per heavy atom. The number of ether oxygens (including phenoxy) is 1. The number of carbonyl (C=O) groups is 2. The molecule has 0 aliphatic carbocycles. The third-order valence-electron chi connectivity index (χ3n) is 3.56. The Morgan fingerprint density at radius 1 is 1.42 bits per heavy atom. The number of hydrogen-bond acceptors (Lipinski definition) is 5. The third-order valence-corrected chi connectivity index (χ3v) is 3.88. The van der Waals surface area contributed by atoms with Gasteiger partial charge in [-0.05, 0) is 25.0 Å². The maximum Gasteiger partial charge on any atom is 0.422 e. The molecule has 2 rings (SSSR count). The average molecular weight is 396 g/mol. The van der Waals surface area contributed by atoms with Gasteiger partial charge in [-0.3, -0.25) is 19.8 Å². The van der Waals surface area contributed by atoms with E-state index in [2.05, 4.69) is 10.1 Å². The zero-order valence-electron chi connectivity index (χ0n) is 13.1. The Morgan fingerprint density at radius 2 is 2.12 bits per heavy atom. The van der Waals surface area contributed by atoms with Gasteiger partial charge in [-0.2, -0.15) is 13.2 Å². The zero-order chi connectivity index (χ0) is 19.5. The van der Waals surface area contributed by atoms with Crippen LogP contribution in [0.2, 0.25) is 5.02 Å². The number of likely N-dealkylation sites (tertiary alicyclic amines) is 1. The van der Waals surface area contributed by atoms with Gasteiger partial charge in [-0.1, -0.05) is 11.6 Å². The number of hydrogen-bond donors (Lipinski definition) is 1. The maximum absolute atomic E-state index is 12.3. The normalized spacial score (nSPS) is 17.1. The first-order valence-corrected chi connectivity index (χ1v) is 7.71. The largest absolute Gasteiger partial charge is 0.440 e. The highest BCUT2D eigenvalue weighted by Crippen LogP contribution is 2.28. The first-order valence-electron chi connectivity index (χ1n) is 7.33. The lowest BCUT2D eigenvalue weighted by Crippen LogP contribution is -2.44. The predicted molar refractivity (Wildman–Crippen MR) is 83.9 cm³/mol. The molecular formula is C14H13ClF3N3O5. The molecule has 0 radical (unpaired) electrons. The summed E-state index contributed by atoms with van der Waals surface area (Å²) in [7, 11) is 0. The number of nitrogens with zero attached hydrogens (tertiary/aromatic N) is 2. The molecule has 1 saturated heterocycles. The Balaban J connectivity index is 2.05. The van der Waals surface area contributed by atoms with Gasteiger partial charge >= 0.3 is 12.3 Å². The van der Waals surface area contributed by atoms with Crippen molar-refractivity contribution < 1.29 is 32.4 Å². The molecule has 26 heavy (non-hydrogen) atoms. The lowest BCUT2D eigenvalue weighted by Gasteiger charge is -2.23. The van der Waals surface area contributed by atoms with Gasteiger partial charge in [0.05, 0.1) is 4.92 Å². The van der Waals surface area contributed by atoms with E-state index in [-0.39, 0.29) is 23.7 Å². The number of nitrogens with one attached hydrogen (secondary N) is 1. The Hall–Kier alpha value is -2.56. The molecule has 0 spiro atoms. The fourth-order valence-corrected chi connectivity index (χ4v) is 2.63. The quantitative estimate of drug-likeness (QED) is 0.622. The number of nitro benzene ring substituents is 1. The van der Waals surface area contributed by atoms with Gasteiger partial charge < -0.3 is 10.1 Å². The fraction of sp³-hybridized carbons (Fsp3) is 0.429. The topological polar surface area (TPSA) is 102 Å². The second kappa shape index (κ2) is 7.77. The van der Waals surface area contributed by atoms with Crippen LogP contribution in [0, 0.1) is 10.1 Å². The molecule has 1 N–H and O–H groups in total. The van der Waals surface area contributed by atoms with Crippen LogP contribution in [0.5, 0.6) is 0 Å². The van der Waals surface area contributed by atoms with Crippen molar-refractivity contribution in [3.05, 3.63) is 33.3 Å². The number of benzene rings is 1. The molecule has 12 heteroatoms. The molecule has 1 aromatic rings. The van der Waals surface area contributed by atoms with E-state index >= 15 is 0 Å². The first-order chi connectivity index (χ1) is 12.1. The molecule has 0 bridgehead atoms. The van der Waals surface area contributed by atoms with Gasteiger partial charge in [0.15, 0.2) is 6.61 Å². The number of halogens is 4. The molecule has 1 aromatic carbocycles. The summed E-state index contributed by atoms with van der Waals surface area (Å²) in [5.41, 5.74) is -0.348. The van der Waals surface area contributed by atoms with E-state index in [0.717, 1.165) is 11.0 Å². The summed E-state index contributed by atoms with van der Waals surface area (Å²) in [4.78, 5) is 35.1. The lowest BCUT2D eigenvalue weighted by atomic mass is 10.2. The molecule has 8 nitrogen and oxygen atoms in total. The minimum atomic E-state index is -4.67. The van der Waals surface area contributed by atoms with E-state index in [1.807, 2.05) is 0 Å². The van der Waals surface area contributed by atoms with E-state index in [1.165, 1.54) is 12.1 Å². The van der Waals surface area contributed by atoms with Gasteiger partial charge in [-0.15, -0.1) is 0 Å². The van der Waals surface area contributed by atoms with E-state index < -0.39 is 41.4 Å². The van der Waals surface area contributed by atoms with E-state index in [9.17, 15) is 32.9 Å². The van der Waals surface area contributed by atoms with Crippen molar-refractivity contribution in [3.63, 3.8) is 0 Å². The summed E-state index contributed by atoms with van der Waals surface area (Å²) < 4.78 is 40.6. The van der Waals surface area contributed by atoms with Crippen LogP contribution in [0.15, 0.2) is 18.2 Å². The highest BCUT2D eigenvalue weighted by Gasteiger charge is 2.37. The predicted octanol–water partition coefficient (Wildman–Crippen LogP) is 3.35. The SMILES string of the molecule is O=C(Nc1ccc(Cl)c([N+](=O)[O-])c1)C1CCCN1C(=O)OCC(F)(F)F. The summed E-state index contributed by atoms with van der Waals surface area (Å²) >= 11 is 5.68. The van der Waals surface area contributed by atoms with Gasteiger partial charge in [0.2, 0.25) is 5.91 Å². The molecule has 0 saturated carbocycles. The minimum absolute atomic E-state index is 0.0650. The Labute approximate surface area is 150 Å². The van der Waals surface area contributed by atoms with Crippen LogP contribution in [-0.2, 0) is 9.53 Å². The summed E-state index contributed by atoms with van der Waals surface area (Å²) in [5, 5.41) is 13.1. The summed E-state index contributed by atoms with van der Waals surface area (Å²) in [6, 6.07) is 2.56.